The molecule has 0 aliphatic heterocycles. The maximum absolute atomic E-state index is 12.0. The minimum Gasteiger partial charge on any atom is -0.481 e. The van der Waals surface area contributed by atoms with E-state index in [0.717, 1.165) is 0 Å². The zero-order valence-corrected chi connectivity index (χ0v) is 12.0. The number of carboxylic acids is 1. The van der Waals surface area contributed by atoms with Crippen molar-refractivity contribution in [2.24, 2.45) is 11.8 Å². The maximum Gasteiger partial charge on any atom is 0.321 e. The van der Waals surface area contributed by atoms with Gasteiger partial charge in [0.2, 0.25) is 0 Å². The summed E-state index contributed by atoms with van der Waals surface area (Å²) in [6, 6.07) is 3.15. The van der Waals surface area contributed by atoms with Crippen LogP contribution in [-0.2, 0) is 4.79 Å². The standard InChI is InChI=1S/C14H21N3O3/c1-10(2)7-11(13(18)19)8-16-14(20)17(3)12-5-4-6-15-9-12/h4-6,9-11H,7-8H2,1-3H3,(H,16,20)(H,18,19). The fraction of sp³-hybridized carbons (Fsp3) is 0.500. The first-order chi connectivity index (χ1) is 9.41. The van der Waals surface area contributed by atoms with Gasteiger partial charge in [0.1, 0.15) is 0 Å². The summed E-state index contributed by atoms with van der Waals surface area (Å²) in [5.74, 6) is -1.19. The lowest BCUT2D eigenvalue weighted by molar-refractivity contribution is -0.142. The molecule has 2 amide bonds. The number of urea groups is 1. The van der Waals surface area contributed by atoms with Gasteiger partial charge in [0.05, 0.1) is 17.8 Å². The largest absolute Gasteiger partial charge is 0.481 e. The van der Waals surface area contributed by atoms with Crippen molar-refractivity contribution in [2.75, 3.05) is 18.5 Å². The average Bonchev–Trinajstić information content (AvgIpc) is 2.42. The van der Waals surface area contributed by atoms with Crippen LogP contribution >= 0.6 is 0 Å². The van der Waals surface area contributed by atoms with Crippen LogP contribution in [-0.4, -0.2) is 35.7 Å². The number of aromatic nitrogens is 1. The van der Waals surface area contributed by atoms with Gasteiger partial charge in [0.15, 0.2) is 0 Å². The first-order valence-corrected chi connectivity index (χ1v) is 6.56. The van der Waals surface area contributed by atoms with Crippen LogP contribution in [0.25, 0.3) is 0 Å². The van der Waals surface area contributed by atoms with Crippen LogP contribution in [0.15, 0.2) is 24.5 Å². The van der Waals surface area contributed by atoms with E-state index in [1.54, 1.807) is 31.6 Å². The summed E-state index contributed by atoms with van der Waals surface area (Å²) >= 11 is 0. The van der Waals surface area contributed by atoms with Gasteiger partial charge in [-0.15, -0.1) is 0 Å². The van der Waals surface area contributed by atoms with Crippen molar-refractivity contribution in [2.45, 2.75) is 20.3 Å². The van der Waals surface area contributed by atoms with E-state index in [-0.39, 0.29) is 18.5 Å². The molecule has 1 heterocycles. The van der Waals surface area contributed by atoms with Gasteiger partial charge in [-0.2, -0.15) is 0 Å². The van der Waals surface area contributed by atoms with Gasteiger partial charge >= 0.3 is 12.0 Å². The number of nitrogens with zero attached hydrogens (tertiary/aromatic N) is 2. The highest BCUT2D eigenvalue weighted by Crippen LogP contribution is 2.12. The molecule has 1 rings (SSSR count). The molecule has 0 radical (unpaired) electrons. The summed E-state index contributed by atoms with van der Waals surface area (Å²) < 4.78 is 0. The smallest absolute Gasteiger partial charge is 0.321 e. The molecule has 0 aliphatic rings. The predicted octanol–water partition coefficient (Wildman–Crippen LogP) is 1.97. The lowest BCUT2D eigenvalue weighted by atomic mass is 9.97. The minimum atomic E-state index is -0.886. The molecular formula is C14H21N3O3. The summed E-state index contributed by atoms with van der Waals surface area (Å²) in [6.07, 6.45) is 3.73. The molecule has 6 nitrogen and oxygen atoms in total. The molecule has 0 fully saturated rings. The van der Waals surface area contributed by atoms with E-state index in [9.17, 15) is 9.59 Å². The molecule has 0 saturated carbocycles. The van der Waals surface area contributed by atoms with Gasteiger partial charge in [0, 0.05) is 19.8 Å². The summed E-state index contributed by atoms with van der Waals surface area (Å²) in [5, 5.41) is 11.8. The Balaban J connectivity index is 2.55. The van der Waals surface area contributed by atoms with Gasteiger partial charge in [0.25, 0.3) is 0 Å². The second-order valence-corrected chi connectivity index (χ2v) is 5.12. The van der Waals surface area contributed by atoms with Crippen molar-refractivity contribution in [3.8, 4) is 0 Å². The van der Waals surface area contributed by atoms with E-state index in [2.05, 4.69) is 10.3 Å². The van der Waals surface area contributed by atoms with Crippen molar-refractivity contribution in [1.29, 1.82) is 0 Å². The molecule has 6 heteroatoms. The number of anilines is 1. The molecule has 1 aromatic rings. The number of carbonyl (C=O) groups is 2. The van der Waals surface area contributed by atoms with Crippen LogP contribution in [0.5, 0.6) is 0 Å². The van der Waals surface area contributed by atoms with E-state index in [1.807, 2.05) is 13.8 Å². The van der Waals surface area contributed by atoms with Crippen LogP contribution < -0.4 is 10.2 Å². The topological polar surface area (TPSA) is 82.5 Å². The number of pyridine rings is 1. The van der Waals surface area contributed by atoms with Crippen molar-refractivity contribution in [3.05, 3.63) is 24.5 Å². The normalized spacial score (nSPS) is 12.0. The van der Waals surface area contributed by atoms with Crippen LogP contribution in [0.2, 0.25) is 0 Å². The van der Waals surface area contributed by atoms with Crippen molar-refractivity contribution < 1.29 is 14.7 Å². The highest BCUT2D eigenvalue weighted by atomic mass is 16.4. The molecule has 0 aliphatic carbocycles. The fourth-order valence-electron chi connectivity index (χ4n) is 1.84. The fourth-order valence-corrected chi connectivity index (χ4v) is 1.84. The summed E-state index contributed by atoms with van der Waals surface area (Å²) in [7, 11) is 1.62. The van der Waals surface area contributed by atoms with Gasteiger partial charge in [-0.3, -0.25) is 14.7 Å². The number of aliphatic carboxylic acids is 1. The molecule has 0 saturated heterocycles. The zero-order valence-electron chi connectivity index (χ0n) is 12.0. The van der Waals surface area contributed by atoms with Crippen molar-refractivity contribution >= 4 is 17.7 Å². The van der Waals surface area contributed by atoms with Crippen LogP contribution in [0, 0.1) is 11.8 Å². The van der Waals surface area contributed by atoms with E-state index >= 15 is 0 Å². The quantitative estimate of drug-likeness (QED) is 0.834. The lowest BCUT2D eigenvalue weighted by Crippen LogP contribution is -2.41. The molecule has 1 atom stereocenters. The second-order valence-electron chi connectivity index (χ2n) is 5.12. The van der Waals surface area contributed by atoms with E-state index in [0.29, 0.717) is 12.1 Å². The number of nitrogens with one attached hydrogen (secondary N) is 1. The number of hydrogen-bond donors (Lipinski definition) is 2. The second kappa shape index (κ2) is 7.47. The van der Waals surface area contributed by atoms with E-state index in [1.165, 1.54) is 4.90 Å². The number of rotatable bonds is 6. The minimum absolute atomic E-state index is 0.122. The first kappa shape index (κ1) is 15.9. The Morgan fingerprint density at radius 1 is 1.45 bits per heavy atom. The number of carbonyl (C=O) groups excluding carboxylic acids is 1. The molecule has 2 N–H and O–H groups in total. The third-order valence-electron chi connectivity index (χ3n) is 2.94. The molecule has 1 aromatic heterocycles. The number of hydrogen-bond acceptors (Lipinski definition) is 3. The number of carboxylic acid groups (broad SMARTS) is 1. The lowest BCUT2D eigenvalue weighted by Gasteiger charge is -2.20. The highest BCUT2D eigenvalue weighted by molar-refractivity contribution is 5.91. The van der Waals surface area contributed by atoms with Gasteiger partial charge in [-0.25, -0.2) is 4.79 Å². The Kier molecular flexibility index (Phi) is 5.96. The highest BCUT2D eigenvalue weighted by Gasteiger charge is 2.20. The van der Waals surface area contributed by atoms with Crippen LogP contribution in [0.3, 0.4) is 0 Å². The summed E-state index contributed by atoms with van der Waals surface area (Å²) in [5.41, 5.74) is 0.653. The van der Waals surface area contributed by atoms with Crippen LogP contribution in [0.1, 0.15) is 20.3 Å². The molecule has 110 valence electrons. The Morgan fingerprint density at radius 2 is 2.15 bits per heavy atom. The Labute approximate surface area is 118 Å². The molecular weight excluding hydrogens is 258 g/mol. The first-order valence-electron chi connectivity index (χ1n) is 6.56. The van der Waals surface area contributed by atoms with Gasteiger partial charge in [-0.05, 0) is 24.5 Å². The van der Waals surface area contributed by atoms with E-state index in [4.69, 9.17) is 5.11 Å². The molecule has 1 unspecified atom stereocenters. The number of amides is 2. The van der Waals surface area contributed by atoms with Gasteiger partial charge in [-0.1, -0.05) is 13.8 Å². The van der Waals surface area contributed by atoms with E-state index < -0.39 is 11.9 Å². The van der Waals surface area contributed by atoms with Gasteiger partial charge < -0.3 is 10.4 Å². The molecule has 20 heavy (non-hydrogen) atoms. The molecule has 0 bridgehead atoms. The third kappa shape index (κ3) is 4.87. The zero-order chi connectivity index (χ0) is 15.1. The monoisotopic (exact) mass is 279 g/mol. The average molecular weight is 279 g/mol. The molecule has 0 aromatic carbocycles. The van der Waals surface area contributed by atoms with Crippen molar-refractivity contribution in [3.63, 3.8) is 0 Å². The predicted molar refractivity (Wildman–Crippen MR) is 76.6 cm³/mol. The summed E-state index contributed by atoms with van der Waals surface area (Å²) in [6.45, 7) is 4.04. The van der Waals surface area contributed by atoms with Crippen molar-refractivity contribution in [1.82, 2.24) is 10.3 Å². The Morgan fingerprint density at radius 3 is 2.65 bits per heavy atom. The Bertz CT molecular complexity index is 448. The summed E-state index contributed by atoms with van der Waals surface area (Å²) in [4.78, 5) is 28.4. The molecule has 0 spiro atoms. The maximum atomic E-state index is 12.0. The Hall–Kier alpha value is -2.11. The van der Waals surface area contributed by atoms with Crippen LogP contribution in [0.4, 0.5) is 10.5 Å². The third-order valence-corrected chi connectivity index (χ3v) is 2.94. The SMILES string of the molecule is CC(C)CC(CNC(=O)N(C)c1cccnc1)C(=O)O.